The van der Waals surface area contributed by atoms with E-state index in [0.29, 0.717) is 222 Å². The van der Waals surface area contributed by atoms with Crippen molar-refractivity contribution in [3.05, 3.63) is 0 Å². The molecule has 0 aromatic carbocycles. The number of nitrogens with one attached hydrogen (secondary N) is 6. The second-order valence-electron chi connectivity index (χ2n) is 28.5. The van der Waals surface area contributed by atoms with Crippen LogP contribution in [0.25, 0.3) is 0 Å². The minimum Gasteiger partial charge on any atom is -0.466 e. The van der Waals surface area contributed by atoms with Gasteiger partial charge in [0.15, 0.2) is 0 Å². The SMILES string of the molecule is CCCNC(=O)CCN(CCCN(CCC(=O)NCCC)CCC(=O)NCCC)CCC(=O)NCCC.CCCNC(=O)CCN(CCCN(CCO)CCO)CCC(=O)NCCC.CCCOC(=O)CCN(CCCN(C)C)CCC(=O)OCCC.CCCOC(=O)CCN(CCCN(CCO)CCO)CCC(=O)OCCC. The summed E-state index contributed by atoms with van der Waals surface area (Å²) in [6.45, 7) is 40.5. The zero-order valence-corrected chi connectivity index (χ0v) is 73.5. The van der Waals surface area contributed by atoms with E-state index in [1.54, 1.807) is 0 Å². The average Bonchev–Trinajstić information content (AvgIpc) is 1.02. The van der Waals surface area contributed by atoms with Crippen LogP contribution in [0.5, 0.6) is 0 Å². The number of hydrogen-bond acceptors (Lipinski definition) is 26. The molecule has 32 heteroatoms. The van der Waals surface area contributed by atoms with Gasteiger partial charge in [-0.25, -0.2) is 0 Å². The van der Waals surface area contributed by atoms with E-state index in [1.165, 1.54) is 0 Å². The average molecular weight is 1640 g/mol. The number of rotatable bonds is 74. The summed E-state index contributed by atoms with van der Waals surface area (Å²) in [5, 5.41) is 53.7. The number of aliphatic hydroxyl groups excluding tert-OH is 4. The minimum atomic E-state index is -0.224. The normalized spacial score (nSPS) is 11.1. The highest BCUT2D eigenvalue weighted by Gasteiger charge is 2.19. The smallest absolute Gasteiger partial charge is 0.307 e. The molecule has 10 N–H and O–H groups in total. The van der Waals surface area contributed by atoms with Gasteiger partial charge < -0.3 is 101 Å². The largest absolute Gasteiger partial charge is 0.466 e. The first-order chi connectivity index (χ1) is 55.0. The maximum Gasteiger partial charge on any atom is 0.307 e. The number of nitrogens with zero attached hydrogens (tertiary/aromatic N) is 8. The van der Waals surface area contributed by atoms with Crippen LogP contribution in [0.1, 0.15) is 223 Å². The molecular weight excluding hydrogens is 1470 g/mol. The molecule has 0 aliphatic rings. The Morgan fingerprint density at radius 3 is 0.526 bits per heavy atom. The van der Waals surface area contributed by atoms with Crippen LogP contribution in [-0.2, 0) is 66.9 Å². The van der Waals surface area contributed by atoms with Gasteiger partial charge in [-0.1, -0.05) is 69.2 Å². The lowest BCUT2D eigenvalue weighted by Gasteiger charge is -2.25. The van der Waals surface area contributed by atoms with Crippen LogP contribution in [0.2, 0.25) is 0 Å². The van der Waals surface area contributed by atoms with Crippen LogP contribution in [0, 0.1) is 0 Å². The van der Waals surface area contributed by atoms with Gasteiger partial charge in [-0.2, -0.15) is 0 Å². The number of ether oxygens (including phenoxy) is 4. The van der Waals surface area contributed by atoms with Crippen LogP contribution < -0.4 is 31.9 Å². The highest BCUT2D eigenvalue weighted by atomic mass is 16.5. The number of esters is 4. The third kappa shape index (κ3) is 81.4. The first kappa shape index (κ1) is 115. The van der Waals surface area contributed by atoms with Gasteiger partial charge in [0.1, 0.15) is 0 Å². The Morgan fingerprint density at radius 2 is 0.377 bits per heavy atom. The third-order valence-corrected chi connectivity index (χ3v) is 17.4. The molecule has 114 heavy (non-hydrogen) atoms. The number of amides is 6. The molecule has 0 aromatic rings. The van der Waals surface area contributed by atoms with E-state index in [2.05, 4.69) is 61.3 Å². The molecule has 0 saturated heterocycles. The number of carbonyl (C=O) groups excluding carboxylic acids is 10. The van der Waals surface area contributed by atoms with E-state index in [1.807, 2.05) is 93.1 Å². The fraction of sp³-hybridized carbons (Fsp3) is 0.878. The summed E-state index contributed by atoms with van der Waals surface area (Å²) in [6, 6.07) is 0. The molecular formula is C82H166N14O18. The van der Waals surface area contributed by atoms with Gasteiger partial charge >= 0.3 is 23.9 Å². The van der Waals surface area contributed by atoms with Crippen LogP contribution >= 0.6 is 0 Å². The van der Waals surface area contributed by atoms with Gasteiger partial charge in [-0.05, 0) is 156 Å². The maximum absolute atomic E-state index is 12.1. The van der Waals surface area contributed by atoms with E-state index in [9.17, 15) is 47.9 Å². The van der Waals surface area contributed by atoms with Crippen molar-refractivity contribution < 1.29 is 87.3 Å². The molecule has 6 amide bonds. The van der Waals surface area contributed by atoms with Crippen molar-refractivity contribution in [1.29, 1.82) is 0 Å². The minimum absolute atomic E-state index is 0.0279. The Labute approximate surface area is 688 Å². The Morgan fingerprint density at radius 1 is 0.219 bits per heavy atom. The first-order valence-corrected chi connectivity index (χ1v) is 43.4. The van der Waals surface area contributed by atoms with Gasteiger partial charge in [-0.3, -0.25) is 57.7 Å². The molecule has 672 valence electrons. The van der Waals surface area contributed by atoms with E-state index in [-0.39, 0.29) is 85.7 Å². The molecule has 32 nitrogen and oxygen atoms in total. The summed E-state index contributed by atoms with van der Waals surface area (Å²) in [4.78, 5) is 136. The Balaban J connectivity index is -0.000000719. The first-order valence-electron chi connectivity index (χ1n) is 43.4. The lowest BCUT2D eigenvalue weighted by molar-refractivity contribution is -0.146. The zero-order chi connectivity index (χ0) is 85.9. The molecule has 0 unspecified atom stereocenters. The summed E-state index contributed by atoms with van der Waals surface area (Å²) in [7, 11) is 4.07. The monoisotopic (exact) mass is 1640 g/mol. The standard InChI is InChI=1S/C27H54N6O4.C19H40N4O4.C19H38N2O6.C17H34N2O4/c1-5-14-28-24(34)10-20-32(21-11-25(35)29-15-6-2)18-9-19-33(22-12-26(36)30-16-7-3)23-13-27(37)31-17-8-4;1-3-8-20-18(26)6-12-22(13-7-19(27)21-9-4-2)10-5-11-23(14-16-24)15-17-25;1-3-16-26-18(24)6-10-20(11-7-19(25)27-17-4-2)8-5-9-21(12-14-22)13-15-23;1-5-14-22-16(20)8-12-19(11-7-10-18(3)4)13-9-17(21)23-15-6-2/h5-23H2,1-4H3,(H,28,34)(H,29,35)(H,30,36)(H,31,37);24-25H,3-17H2,1-2H3,(H,20,26)(H,21,27);22-23H,3-17H2,1-2H3;5-15H2,1-4H3. The molecule has 0 radical (unpaired) electrons. The van der Waals surface area contributed by atoms with Crippen LogP contribution in [-0.4, -0.2) is 369 Å². The summed E-state index contributed by atoms with van der Waals surface area (Å²) < 4.78 is 20.4. The highest BCUT2D eigenvalue weighted by Crippen LogP contribution is 2.08. The van der Waals surface area contributed by atoms with E-state index in [0.717, 1.165) is 142 Å². The molecule has 0 atom stereocenters. The van der Waals surface area contributed by atoms with Gasteiger partial charge in [0, 0.05) is 169 Å². The molecule has 0 fully saturated rings. The number of carbonyl (C=O) groups is 10. The Kier molecular flexibility index (Phi) is 87.0. The van der Waals surface area contributed by atoms with Crippen LogP contribution in [0.3, 0.4) is 0 Å². The predicted molar refractivity (Wildman–Crippen MR) is 451 cm³/mol. The Bertz CT molecular complexity index is 2070. The van der Waals surface area contributed by atoms with Crippen molar-refractivity contribution >= 4 is 59.3 Å². The number of aliphatic hydroxyl groups is 4. The van der Waals surface area contributed by atoms with Crippen molar-refractivity contribution in [1.82, 2.24) is 71.1 Å². The molecule has 0 aliphatic carbocycles. The van der Waals surface area contributed by atoms with E-state index >= 15 is 0 Å². The van der Waals surface area contributed by atoms with Gasteiger partial charge in [0.25, 0.3) is 0 Å². The van der Waals surface area contributed by atoms with Crippen molar-refractivity contribution in [2.45, 2.75) is 223 Å². The molecule has 0 bridgehead atoms. The van der Waals surface area contributed by atoms with E-state index < -0.39 is 0 Å². The van der Waals surface area contributed by atoms with Crippen molar-refractivity contribution in [2.24, 2.45) is 0 Å². The van der Waals surface area contributed by atoms with Crippen molar-refractivity contribution in [2.75, 3.05) is 250 Å². The lowest BCUT2D eigenvalue weighted by Crippen LogP contribution is -2.38. The van der Waals surface area contributed by atoms with Gasteiger partial charge in [0.2, 0.25) is 35.4 Å². The summed E-state index contributed by atoms with van der Waals surface area (Å²) >= 11 is 0. The molecule has 0 spiro atoms. The highest BCUT2D eigenvalue weighted by molar-refractivity contribution is 5.78. The van der Waals surface area contributed by atoms with Gasteiger partial charge in [-0.15, -0.1) is 0 Å². The number of hydrogen-bond donors (Lipinski definition) is 10. The molecule has 0 saturated carbocycles. The van der Waals surface area contributed by atoms with Crippen molar-refractivity contribution in [3.63, 3.8) is 0 Å². The fourth-order valence-corrected chi connectivity index (χ4v) is 10.9. The quantitative estimate of drug-likeness (QED) is 0.0304. The van der Waals surface area contributed by atoms with E-state index in [4.69, 9.17) is 39.4 Å². The van der Waals surface area contributed by atoms with Crippen molar-refractivity contribution in [3.8, 4) is 0 Å². The molecule has 0 rings (SSSR count). The predicted octanol–water partition coefficient (Wildman–Crippen LogP) is 4.02. The molecule has 0 aliphatic heterocycles. The van der Waals surface area contributed by atoms with Crippen LogP contribution in [0.15, 0.2) is 0 Å². The Hall–Kier alpha value is -5.78. The fourth-order valence-electron chi connectivity index (χ4n) is 10.9. The molecule has 0 aromatic heterocycles. The summed E-state index contributed by atoms with van der Waals surface area (Å²) in [5.41, 5.74) is 0. The third-order valence-electron chi connectivity index (χ3n) is 17.4. The zero-order valence-electron chi connectivity index (χ0n) is 73.5. The second-order valence-corrected chi connectivity index (χ2v) is 28.5. The second kappa shape index (κ2) is 86.6. The summed E-state index contributed by atoms with van der Waals surface area (Å²) in [5.74, 6) is -0.592. The van der Waals surface area contributed by atoms with Gasteiger partial charge in [0.05, 0.1) is 78.5 Å². The molecule has 0 heterocycles. The maximum atomic E-state index is 12.1. The topological polar surface area (TPSA) is 387 Å². The van der Waals surface area contributed by atoms with Crippen LogP contribution in [0.4, 0.5) is 0 Å². The summed E-state index contributed by atoms with van der Waals surface area (Å²) in [6.07, 6.45) is 15.9. The lowest BCUT2D eigenvalue weighted by atomic mass is 10.2.